The second-order valence-electron chi connectivity index (χ2n) is 13.0. The molecule has 2 heterocycles. The highest BCUT2D eigenvalue weighted by Crippen LogP contribution is 2.41. The number of aromatic nitrogens is 2. The van der Waals surface area contributed by atoms with E-state index in [-0.39, 0.29) is 0 Å². The summed E-state index contributed by atoms with van der Waals surface area (Å²) in [4.78, 5) is 12.9. The second-order valence-corrected chi connectivity index (χ2v) is 14.1. The highest BCUT2D eigenvalue weighted by Gasteiger charge is 2.17. The molecule has 0 saturated carbocycles. The van der Waals surface area contributed by atoms with Crippen LogP contribution in [0.2, 0.25) is 0 Å². The fourth-order valence-electron chi connectivity index (χ4n) is 7.29. The Bertz CT molecular complexity index is 2880. The van der Waals surface area contributed by atoms with Gasteiger partial charge in [0.1, 0.15) is 0 Å². The Labute approximate surface area is 305 Å². The average molecular weight is 682 g/mol. The molecule has 0 bridgehead atoms. The van der Waals surface area contributed by atoms with Crippen molar-refractivity contribution in [1.29, 1.82) is 0 Å². The molecule has 0 aliphatic heterocycles. The molecule has 0 atom stereocenters. The number of anilines is 3. The Morgan fingerprint density at radius 3 is 1.69 bits per heavy atom. The van der Waals surface area contributed by atoms with Crippen LogP contribution in [0.25, 0.3) is 75.6 Å². The molecule has 0 aliphatic rings. The molecular formula is C48H31N3S. The Balaban J connectivity index is 1.07. The molecule has 3 nitrogen and oxygen atoms in total. The maximum Gasteiger partial charge on any atom is 0.0973 e. The standard InChI is InChI=1S/C48H31N3S/c1-4-12-34(13-5-1)46-47(35-14-6-2-7-15-35)50-48-42-30-36(21-20-33(42)24-29-43(48)49-46)32-22-25-38(26-23-32)51(37-16-8-3-9-17-37)39-27-28-41-40-18-10-11-19-44(40)52-45(41)31-39/h1-31H. The number of hydrogen-bond acceptors (Lipinski definition) is 4. The lowest BCUT2D eigenvalue weighted by Crippen LogP contribution is -2.09. The van der Waals surface area contributed by atoms with Crippen LogP contribution in [0.3, 0.4) is 0 Å². The molecule has 0 amide bonds. The Hall–Kier alpha value is -6.62. The summed E-state index contributed by atoms with van der Waals surface area (Å²) in [7, 11) is 0. The molecule has 4 heteroatoms. The van der Waals surface area contributed by atoms with Crippen LogP contribution in [0.4, 0.5) is 17.1 Å². The average Bonchev–Trinajstić information content (AvgIpc) is 3.59. The predicted octanol–water partition coefficient (Wildman–Crippen LogP) is 13.6. The first-order valence-corrected chi connectivity index (χ1v) is 18.3. The zero-order valence-electron chi connectivity index (χ0n) is 28.1. The quantitative estimate of drug-likeness (QED) is 0.164. The van der Waals surface area contributed by atoms with Crippen molar-refractivity contribution in [3.8, 4) is 33.6 Å². The van der Waals surface area contributed by atoms with Gasteiger partial charge < -0.3 is 4.90 Å². The zero-order valence-corrected chi connectivity index (χ0v) is 29.0. The van der Waals surface area contributed by atoms with Gasteiger partial charge in [-0.2, -0.15) is 0 Å². The van der Waals surface area contributed by atoms with E-state index in [1.165, 1.54) is 20.2 Å². The Kier molecular flexibility index (Phi) is 7.33. The van der Waals surface area contributed by atoms with E-state index >= 15 is 0 Å². The lowest BCUT2D eigenvalue weighted by atomic mass is 9.99. The number of benzene rings is 8. The third kappa shape index (κ3) is 5.29. The van der Waals surface area contributed by atoms with Crippen LogP contribution in [-0.2, 0) is 0 Å². The van der Waals surface area contributed by atoms with Crippen molar-refractivity contribution in [3.05, 3.63) is 188 Å². The molecule has 0 fully saturated rings. The summed E-state index contributed by atoms with van der Waals surface area (Å²) >= 11 is 1.85. The summed E-state index contributed by atoms with van der Waals surface area (Å²) in [5.41, 5.74) is 11.3. The number of hydrogen-bond donors (Lipinski definition) is 0. The normalized spacial score (nSPS) is 11.5. The smallest absolute Gasteiger partial charge is 0.0973 e. The molecule has 2 aromatic heterocycles. The first-order valence-electron chi connectivity index (χ1n) is 17.5. The molecule has 244 valence electrons. The molecule has 0 N–H and O–H groups in total. The third-order valence-electron chi connectivity index (χ3n) is 9.84. The zero-order chi connectivity index (χ0) is 34.4. The number of thiophene rings is 1. The third-order valence-corrected chi connectivity index (χ3v) is 11.0. The van der Waals surface area contributed by atoms with Crippen molar-refractivity contribution >= 4 is 70.4 Å². The van der Waals surface area contributed by atoms with Gasteiger partial charge in [0, 0.05) is 53.7 Å². The fourth-order valence-corrected chi connectivity index (χ4v) is 8.43. The largest absolute Gasteiger partial charge is 0.310 e. The number of fused-ring (bicyclic) bond motifs is 6. The minimum atomic E-state index is 0.882. The molecule has 0 radical (unpaired) electrons. The van der Waals surface area contributed by atoms with E-state index < -0.39 is 0 Å². The molecular weight excluding hydrogens is 651 g/mol. The van der Waals surface area contributed by atoms with Gasteiger partial charge in [-0.15, -0.1) is 11.3 Å². The summed E-state index contributed by atoms with van der Waals surface area (Å²) < 4.78 is 2.60. The van der Waals surface area contributed by atoms with Gasteiger partial charge in [0.25, 0.3) is 0 Å². The second kappa shape index (κ2) is 12.6. The first kappa shape index (κ1) is 30.2. The van der Waals surface area contributed by atoms with E-state index in [1.54, 1.807) is 0 Å². The molecule has 0 saturated heterocycles. The Morgan fingerprint density at radius 1 is 0.365 bits per heavy atom. The van der Waals surface area contributed by atoms with Crippen molar-refractivity contribution < 1.29 is 0 Å². The van der Waals surface area contributed by atoms with Gasteiger partial charge in [-0.25, -0.2) is 9.97 Å². The molecule has 10 rings (SSSR count). The van der Waals surface area contributed by atoms with Crippen molar-refractivity contribution in [2.24, 2.45) is 0 Å². The van der Waals surface area contributed by atoms with E-state index in [4.69, 9.17) is 9.97 Å². The maximum atomic E-state index is 5.36. The van der Waals surface area contributed by atoms with Crippen molar-refractivity contribution in [2.45, 2.75) is 0 Å². The predicted molar refractivity (Wildman–Crippen MR) is 221 cm³/mol. The van der Waals surface area contributed by atoms with Crippen molar-refractivity contribution in [1.82, 2.24) is 9.97 Å². The summed E-state index contributed by atoms with van der Waals surface area (Å²) in [6.45, 7) is 0. The molecule has 10 aromatic rings. The first-order chi connectivity index (χ1) is 25.8. The minimum Gasteiger partial charge on any atom is -0.310 e. The van der Waals surface area contributed by atoms with Gasteiger partial charge in [0.15, 0.2) is 0 Å². The van der Waals surface area contributed by atoms with Crippen LogP contribution in [0.5, 0.6) is 0 Å². The highest BCUT2D eigenvalue weighted by atomic mass is 32.1. The highest BCUT2D eigenvalue weighted by molar-refractivity contribution is 7.25. The summed E-state index contributed by atoms with van der Waals surface area (Å²) in [6.07, 6.45) is 0. The van der Waals surface area contributed by atoms with Gasteiger partial charge in [-0.05, 0) is 71.1 Å². The summed E-state index contributed by atoms with van der Waals surface area (Å²) in [5.74, 6) is 0. The maximum absolute atomic E-state index is 5.36. The minimum absolute atomic E-state index is 0.882. The van der Waals surface area contributed by atoms with Crippen LogP contribution in [0.15, 0.2) is 188 Å². The molecule has 52 heavy (non-hydrogen) atoms. The van der Waals surface area contributed by atoms with Gasteiger partial charge in [0.05, 0.1) is 22.4 Å². The van der Waals surface area contributed by atoms with Crippen molar-refractivity contribution in [2.75, 3.05) is 4.90 Å². The monoisotopic (exact) mass is 681 g/mol. The SMILES string of the molecule is c1ccc(-c2nc3ccc4ccc(-c5ccc(N(c6ccccc6)c6ccc7c(c6)sc6ccccc67)cc5)cc4c3nc2-c2ccccc2)cc1. The number of para-hydroxylation sites is 1. The molecule has 0 aliphatic carbocycles. The van der Waals surface area contributed by atoms with E-state index in [2.05, 4.69) is 181 Å². The molecule has 0 unspecified atom stereocenters. The lowest BCUT2D eigenvalue weighted by Gasteiger charge is -2.25. The van der Waals surface area contributed by atoms with Crippen LogP contribution in [0.1, 0.15) is 0 Å². The van der Waals surface area contributed by atoms with E-state index in [0.29, 0.717) is 0 Å². The van der Waals surface area contributed by atoms with Gasteiger partial charge in [-0.1, -0.05) is 133 Å². The molecule has 8 aromatic carbocycles. The van der Waals surface area contributed by atoms with E-state index in [1.807, 2.05) is 23.5 Å². The number of rotatable bonds is 6. The lowest BCUT2D eigenvalue weighted by molar-refractivity contribution is 1.29. The molecule has 0 spiro atoms. The van der Waals surface area contributed by atoms with Crippen molar-refractivity contribution in [3.63, 3.8) is 0 Å². The summed E-state index contributed by atoms with van der Waals surface area (Å²) in [6, 6.07) is 66.6. The summed E-state index contributed by atoms with van der Waals surface area (Å²) in [5, 5.41) is 4.84. The topological polar surface area (TPSA) is 29.0 Å². The van der Waals surface area contributed by atoms with Gasteiger partial charge in [-0.3, -0.25) is 0 Å². The van der Waals surface area contributed by atoms with Gasteiger partial charge >= 0.3 is 0 Å². The number of nitrogens with zero attached hydrogens (tertiary/aromatic N) is 3. The van der Waals surface area contributed by atoms with Gasteiger partial charge in [0.2, 0.25) is 0 Å². The van der Waals surface area contributed by atoms with E-state index in [0.717, 1.165) is 72.5 Å². The van der Waals surface area contributed by atoms with E-state index in [9.17, 15) is 0 Å². The van der Waals surface area contributed by atoms with Crippen LogP contribution < -0.4 is 4.90 Å². The van der Waals surface area contributed by atoms with Crippen LogP contribution in [-0.4, -0.2) is 9.97 Å². The fraction of sp³-hybridized carbons (Fsp3) is 0. The Morgan fingerprint density at radius 2 is 0.942 bits per heavy atom. The van der Waals surface area contributed by atoms with Crippen LogP contribution in [0, 0.1) is 0 Å². The van der Waals surface area contributed by atoms with Crippen LogP contribution >= 0.6 is 11.3 Å².